The lowest BCUT2D eigenvalue weighted by Crippen LogP contribution is -2.49. The van der Waals surface area contributed by atoms with Gasteiger partial charge in [0.25, 0.3) is 0 Å². The Labute approximate surface area is 427 Å². The quantitative estimate of drug-likeness (QED) is 0.0987. The number of hydrogen-bond acceptors (Lipinski definition) is 9. The summed E-state index contributed by atoms with van der Waals surface area (Å²) in [5.74, 6) is -2.17. The highest BCUT2D eigenvalue weighted by Crippen LogP contribution is 2.56. The van der Waals surface area contributed by atoms with Gasteiger partial charge in [0.2, 0.25) is 17.7 Å². The number of primary amides is 1. The van der Waals surface area contributed by atoms with Crippen molar-refractivity contribution in [2.75, 3.05) is 64.0 Å². The number of nitrogens with two attached hydrogens (primary N) is 1. The van der Waals surface area contributed by atoms with E-state index in [-0.39, 0.29) is 58.4 Å². The van der Waals surface area contributed by atoms with Gasteiger partial charge in [-0.1, -0.05) is 54.9 Å². The lowest BCUT2D eigenvalue weighted by Gasteiger charge is -2.40. The van der Waals surface area contributed by atoms with E-state index in [1.807, 2.05) is 49.0 Å². The van der Waals surface area contributed by atoms with Crippen molar-refractivity contribution < 1.29 is 41.8 Å². The number of hydrogen-bond donors (Lipinski definition) is 3. The second kappa shape index (κ2) is 21.0. The van der Waals surface area contributed by atoms with Crippen molar-refractivity contribution in [2.24, 2.45) is 24.6 Å². The number of amides is 5. The molecule has 14 nitrogen and oxygen atoms in total. The number of fused-ring (bicyclic) bond motifs is 2. The molecule has 4 N–H and O–H groups in total. The molecule has 1 aliphatic carbocycles. The fraction of sp³-hybridized carbons (Fsp3) is 0.473. The Morgan fingerprint density at radius 3 is 2.37 bits per heavy atom. The van der Waals surface area contributed by atoms with Gasteiger partial charge in [0.05, 0.1) is 16.1 Å². The average Bonchev–Trinajstić information content (AvgIpc) is 3.88. The van der Waals surface area contributed by atoms with Crippen LogP contribution in [0.15, 0.2) is 66.7 Å². The van der Waals surface area contributed by atoms with Crippen LogP contribution >= 0.6 is 11.6 Å². The molecular formula is C55H62ClF3N8O6. The van der Waals surface area contributed by atoms with E-state index in [1.54, 1.807) is 4.90 Å². The maximum absolute atomic E-state index is 16.4. The molecule has 0 spiro atoms. The molecule has 5 aromatic rings. The van der Waals surface area contributed by atoms with Crippen molar-refractivity contribution in [3.63, 3.8) is 0 Å². The van der Waals surface area contributed by atoms with Crippen LogP contribution in [0.1, 0.15) is 104 Å². The van der Waals surface area contributed by atoms with Gasteiger partial charge in [-0.05, 0) is 112 Å². The highest BCUT2D eigenvalue weighted by molar-refractivity contribution is 6.34. The molecule has 18 heteroatoms. The fourth-order valence-corrected chi connectivity index (χ4v) is 12.5. The van der Waals surface area contributed by atoms with Crippen LogP contribution in [-0.2, 0) is 22.2 Å². The van der Waals surface area contributed by atoms with Gasteiger partial charge in [-0.2, -0.15) is 5.10 Å². The fourth-order valence-electron chi connectivity index (χ4n) is 12.2. The Morgan fingerprint density at radius 2 is 1.67 bits per heavy atom. The van der Waals surface area contributed by atoms with Gasteiger partial charge in [-0.25, -0.2) is 18.0 Å². The van der Waals surface area contributed by atoms with Gasteiger partial charge < -0.3 is 30.3 Å². The summed E-state index contributed by atoms with van der Waals surface area (Å²) in [5, 5.41) is 11.3. The lowest BCUT2D eigenvalue weighted by molar-refractivity contribution is -0.138. The number of anilines is 1. The predicted octanol–water partition coefficient (Wildman–Crippen LogP) is 8.72. The molecule has 10 rings (SSSR count). The highest BCUT2D eigenvalue weighted by atomic mass is 35.5. The van der Waals surface area contributed by atoms with Crippen LogP contribution in [0, 0.1) is 23.5 Å². The third-order valence-electron chi connectivity index (χ3n) is 16.3. The molecule has 386 valence electrons. The summed E-state index contributed by atoms with van der Waals surface area (Å²) >= 11 is 6.71. The summed E-state index contributed by atoms with van der Waals surface area (Å²) in [6, 6.07) is 19.2. The number of aromatic nitrogens is 2. The molecule has 5 aliphatic rings. The summed E-state index contributed by atoms with van der Waals surface area (Å²) in [4.78, 5) is 57.2. The molecule has 73 heavy (non-hydrogen) atoms. The van der Waals surface area contributed by atoms with Gasteiger partial charge in [-0.3, -0.25) is 29.3 Å². The average molecular weight is 1020 g/mol. The van der Waals surface area contributed by atoms with E-state index in [1.165, 1.54) is 23.8 Å². The maximum Gasteiger partial charge on any atom is 0.329 e. The van der Waals surface area contributed by atoms with Gasteiger partial charge in [0, 0.05) is 92.2 Å². The molecule has 1 aromatic heterocycles. The van der Waals surface area contributed by atoms with Crippen molar-refractivity contribution in [1.29, 1.82) is 0 Å². The van der Waals surface area contributed by atoms with Gasteiger partial charge in [0.15, 0.2) is 23.0 Å². The lowest BCUT2D eigenvalue weighted by atomic mass is 9.77. The Hall–Kier alpha value is -6.17. The zero-order valence-electron chi connectivity index (χ0n) is 41.2. The maximum atomic E-state index is 16.4. The number of piperidine rings is 2. The number of benzene rings is 4. The third-order valence-corrected chi connectivity index (χ3v) is 16.6. The van der Waals surface area contributed by atoms with E-state index in [0.717, 1.165) is 101 Å². The minimum Gasteiger partial charge on any atom is -0.488 e. The number of carbonyl (C=O) groups is 4. The minimum atomic E-state index is -1.12. The van der Waals surface area contributed by atoms with Crippen molar-refractivity contribution in [3.8, 4) is 22.6 Å². The standard InChI is InChI=1S/C55H62ClF3N8O6/c1-32-46-44(29-41(58)49(56)48(46)47-40(51(60)69)14-15-43(50(47)59)72-27-21-57)73-55(32,37-6-4-3-5-7-37)31-61-38-11-8-35(9-12-38)53(70)66-24-16-33(17-25-66)30-65-22-18-34(19-23-65)36-10-13-39-42(28-36)64(2)63-52(39)67-26-20-45(68)62-54(67)71/h3-7,10,13-15,28-29,32-35,38,61H,8-9,11-12,16-27,30-31H2,1-2H3,(H2,60,69)(H,62,68,71)/t32-,35?,38?,55-/m0/s1. The molecule has 4 aliphatic heterocycles. The van der Waals surface area contributed by atoms with Crippen molar-refractivity contribution in [1.82, 2.24) is 30.2 Å². The first kappa shape index (κ1) is 50.4. The topological polar surface area (TPSA) is 164 Å². The first-order valence-corrected chi connectivity index (χ1v) is 26.0. The highest BCUT2D eigenvalue weighted by Gasteiger charge is 2.50. The number of urea groups is 1. The number of aryl methyl sites for hydroxylation is 1. The third kappa shape index (κ3) is 9.75. The van der Waals surface area contributed by atoms with E-state index in [2.05, 4.69) is 43.7 Å². The van der Waals surface area contributed by atoms with E-state index in [0.29, 0.717) is 36.3 Å². The van der Waals surface area contributed by atoms with Crippen LogP contribution in [0.2, 0.25) is 5.02 Å². The minimum absolute atomic E-state index is 0.0543. The van der Waals surface area contributed by atoms with Gasteiger partial charge >= 0.3 is 6.03 Å². The monoisotopic (exact) mass is 1020 g/mol. The van der Waals surface area contributed by atoms with Gasteiger partial charge in [0.1, 0.15) is 24.8 Å². The van der Waals surface area contributed by atoms with Crippen LogP contribution in [-0.4, -0.2) is 108 Å². The summed E-state index contributed by atoms with van der Waals surface area (Å²) < 4.78 is 59.4. The van der Waals surface area contributed by atoms with Crippen LogP contribution in [0.4, 0.5) is 23.8 Å². The number of halogens is 4. The molecule has 1 saturated carbocycles. The van der Waals surface area contributed by atoms with E-state index >= 15 is 8.78 Å². The smallest absolute Gasteiger partial charge is 0.329 e. The van der Waals surface area contributed by atoms with E-state index < -0.39 is 53.4 Å². The Morgan fingerprint density at radius 1 is 0.932 bits per heavy atom. The van der Waals surface area contributed by atoms with Crippen LogP contribution in [0.3, 0.4) is 0 Å². The molecule has 5 heterocycles. The number of likely N-dealkylation sites (tertiary alicyclic amines) is 2. The van der Waals surface area contributed by atoms with Crippen molar-refractivity contribution in [3.05, 3.63) is 106 Å². The van der Waals surface area contributed by atoms with Crippen molar-refractivity contribution in [2.45, 2.75) is 88.2 Å². The van der Waals surface area contributed by atoms with Crippen LogP contribution in [0.5, 0.6) is 11.5 Å². The van der Waals surface area contributed by atoms with E-state index in [9.17, 15) is 23.6 Å². The molecule has 3 saturated heterocycles. The van der Waals surface area contributed by atoms with E-state index in [4.69, 9.17) is 26.8 Å². The number of carbonyl (C=O) groups excluding carboxylic acids is 4. The summed E-state index contributed by atoms with van der Waals surface area (Å²) in [6.45, 7) is 5.78. The zero-order valence-corrected chi connectivity index (χ0v) is 42.0. The Balaban J connectivity index is 0.731. The number of alkyl halides is 1. The summed E-state index contributed by atoms with van der Waals surface area (Å²) in [5.41, 5.74) is 7.39. The zero-order chi connectivity index (χ0) is 51.1. The number of nitrogens with one attached hydrogen (secondary N) is 2. The molecular weight excluding hydrogens is 961 g/mol. The molecule has 4 fully saturated rings. The SMILES string of the molecule is C[C@H]1c2c(cc(F)c(Cl)c2-c2c(C(N)=O)ccc(OCCF)c2F)O[C@]1(CNC1CCC(C(=O)N2CCC(CN3CCC(c4ccc5c(N6CCC(=O)NC6=O)nn(C)c5c4)CC3)CC2)CC1)c1ccccc1. The molecule has 0 radical (unpaired) electrons. The normalized spacial score (nSPS) is 23.1. The second-order valence-electron chi connectivity index (χ2n) is 20.5. The molecule has 0 bridgehead atoms. The second-order valence-corrected chi connectivity index (χ2v) is 20.9. The molecule has 0 unspecified atom stereocenters. The predicted molar refractivity (Wildman–Crippen MR) is 272 cm³/mol. The molecule has 4 aromatic carbocycles. The largest absolute Gasteiger partial charge is 0.488 e. The van der Waals surface area contributed by atoms with Crippen LogP contribution < -0.4 is 30.7 Å². The first-order chi connectivity index (χ1) is 35.2. The van der Waals surface area contributed by atoms with Crippen LogP contribution in [0.25, 0.3) is 22.0 Å². The van der Waals surface area contributed by atoms with Crippen molar-refractivity contribution >= 4 is 52.1 Å². The molecule has 5 amide bonds. The molecule has 2 atom stereocenters. The number of rotatable bonds is 14. The number of ether oxygens (including phenoxy) is 2. The van der Waals surface area contributed by atoms with Gasteiger partial charge in [-0.15, -0.1) is 0 Å². The summed E-state index contributed by atoms with van der Waals surface area (Å²) in [6.07, 6.45) is 7.37. The Kier molecular flexibility index (Phi) is 14.5. The number of nitrogens with zero attached hydrogens (tertiary/aromatic N) is 5. The first-order valence-electron chi connectivity index (χ1n) is 25.6. The number of imide groups is 1. The summed E-state index contributed by atoms with van der Waals surface area (Å²) in [7, 11) is 1.89. The Bertz CT molecular complexity index is 2920.